The van der Waals surface area contributed by atoms with Crippen LogP contribution < -0.4 is 10.1 Å². The molecule has 0 aliphatic carbocycles. The summed E-state index contributed by atoms with van der Waals surface area (Å²) in [5.41, 5.74) is 1.18. The molecule has 0 atom stereocenters. The SMILES string of the molecule is CC(C)Oc1ccc(NC(=O)CF)cc1[CH]=[Ru]([Cl])[Cl]. The molecular weight excluding hydrogens is 381 g/mol. The number of ether oxygens (including phenoxy) is 1. The molecule has 0 radical (unpaired) electrons. The van der Waals surface area contributed by atoms with Gasteiger partial charge in [-0.1, -0.05) is 0 Å². The molecular formula is C12H14Cl2FNO2Ru. The van der Waals surface area contributed by atoms with Crippen LogP contribution in [0.2, 0.25) is 0 Å². The number of carbonyl (C=O) groups is 1. The summed E-state index contributed by atoms with van der Waals surface area (Å²) in [4.78, 5) is 11.0. The van der Waals surface area contributed by atoms with Gasteiger partial charge in [0, 0.05) is 0 Å². The molecule has 0 spiro atoms. The number of nitrogens with one attached hydrogen (secondary N) is 1. The third kappa shape index (κ3) is 5.98. The molecule has 1 amide bonds. The first-order valence-corrected chi connectivity index (χ1v) is 10.9. The Morgan fingerprint density at radius 3 is 2.74 bits per heavy atom. The molecule has 0 aliphatic rings. The van der Waals surface area contributed by atoms with Gasteiger partial charge in [0.25, 0.3) is 0 Å². The van der Waals surface area contributed by atoms with E-state index < -0.39 is 26.1 Å². The van der Waals surface area contributed by atoms with E-state index in [-0.39, 0.29) is 6.10 Å². The van der Waals surface area contributed by atoms with Gasteiger partial charge in [-0.05, 0) is 0 Å². The second kappa shape index (κ2) is 7.93. The monoisotopic (exact) mass is 395 g/mol. The van der Waals surface area contributed by atoms with E-state index in [0.29, 0.717) is 17.0 Å². The Labute approximate surface area is 124 Å². The fourth-order valence-corrected chi connectivity index (χ4v) is 3.13. The Morgan fingerprint density at radius 1 is 1.53 bits per heavy atom. The average Bonchev–Trinajstić information content (AvgIpc) is 2.31. The first-order valence-electron chi connectivity index (χ1n) is 5.42. The number of hydrogen-bond donors (Lipinski definition) is 1. The summed E-state index contributed by atoms with van der Waals surface area (Å²) in [6.45, 7) is 2.74. The Bertz CT molecular complexity index is 491. The summed E-state index contributed by atoms with van der Waals surface area (Å²) in [6, 6.07) is 5.00. The van der Waals surface area contributed by atoms with Gasteiger partial charge in [-0.2, -0.15) is 0 Å². The van der Waals surface area contributed by atoms with Gasteiger partial charge in [0.2, 0.25) is 0 Å². The molecule has 7 heteroatoms. The topological polar surface area (TPSA) is 38.3 Å². The molecule has 1 aromatic carbocycles. The number of amides is 1. The Morgan fingerprint density at radius 2 is 2.21 bits per heavy atom. The fourth-order valence-electron chi connectivity index (χ4n) is 1.34. The quantitative estimate of drug-likeness (QED) is 0.776. The molecule has 0 fully saturated rings. The van der Waals surface area contributed by atoms with Gasteiger partial charge in [0.1, 0.15) is 0 Å². The van der Waals surface area contributed by atoms with E-state index in [4.69, 9.17) is 24.1 Å². The fraction of sp³-hybridized carbons (Fsp3) is 0.333. The van der Waals surface area contributed by atoms with Gasteiger partial charge in [-0.3, -0.25) is 0 Å². The molecule has 0 unspecified atom stereocenters. The first-order chi connectivity index (χ1) is 8.92. The van der Waals surface area contributed by atoms with E-state index in [9.17, 15) is 9.18 Å². The van der Waals surface area contributed by atoms with E-state index in [1.807, 2.05) is 13.8 Å². The van der Waals surface area contributed by atoms with Crippen molar-refractivity contribution in [3.8, 4) is 5.75 Å². The molecule has 0 aliphatic heterocycles. The van der Waals surface area contributed by atoms with Crippen LogP contribution in [0.4, 0.5) is 10.1 Å². The van der Waals surface area contributed by atoms with Crippen LogP contribution in [-0.4, -0.2) is 23.3 Å². The molecule has 1 N–H and O–H groups in total. The van der Waals surface area contributed by atoms with Crippen LogP contribution in [0.25, 0.3) is 0 Å². The van der Waals surface area contributed by atoms with Gasteiger partial charge in [-0.25, -0.2) is 0 Å². The van der Waals surface area contributed by atoms with Crippen LogP contribution in [0, 0.1) is 0 Å². The Balaban J connectivity index is 3.07. The zero-order valence-electron chi connectivity index (χ0n) is 10.4. The van der Waals surface area contributed by atoms with Gasteiger partial charge in [0.05, 0.1) is 0 Å². The molecule has 1 rings (SSSR count). The number of anilines is 1. The van der Waals surface area contributed by atoms with E-state index >= 15 is 0 Å². The molecule has 0 saturated heterocycles. The van der Waals surface area contributed by atoms with E-state index in [1.165, 1.54) is 0 Å². The summed E-state index contributed by atoms with van der Waals surface area (Å²) in [5, 5.41) is 2.43. The molecule has 0 bridgehead atoms. The maximum atomic E-state index is 12.2. The van der Waals surface area contributed by atoms with Crippen LogP contribution in [0.5, 0.6) is 5.75 Å². The van der Waals surface area contributed by atoms with Gasteiger partial charge >= 0.3 is 124 Å². The van der Waals surface area contributed by atoms with E-state index in [1.54, 1.807) is 22.8 Å². The summed E-state index contributed by atoms with van der Waals surface area (Å²) in [7, 11) is 11.7. The number of alkyl halides is 1. The zero-order valence-corrected chi connectivity index (χ0v) is 13.6. The normalized spacial score (nSPS) is 11.2. The van der Waals surface area contributed by atoms with Crippen molar-refractivity contribution < 1.29 is 27.4 Å². The van der Waals surface area contributed by atoms with Crippen LogP contribution in [0.3, 0.4) is 0 Å². The van der Waals surface area contributed by atoms with Crippen molar-refractivity contribution in [1.82, 2.24) is 0 Å². The van der Waals surface area contributed by atoms with Crippen molar-refractivity contribution in [1.29, 1.82) is 0 Å². The molecule has 0 heterocycles. The standard InChI is InChI=1S/C12H14FNO2.2ClH.Ru/c1-8(2)16-11-5-4-10(6-9(11)3)14-12(15)7-13;;;/h3-6,8H,7H2,1-2H3,(H,14,15);2*1H;/q;;;+2/p-2. The van der Waals surface area contributed by atoms with Crippen molar-refractivity contribution in [2.45, 2.75) is 20.0 Å². The minimum absolute atomic E-state index is 0.00438. The first kappa shape index (κ1) is 16.5. The number of hydrogen-bond acceptors (Lipinski definition) is 2. The van der Waals surface area contributed by atoms with E-state index in [0.717, 1.165) is 0 Å². The average molecular weight is 395 g/mol. The van der Waals surface area contributed by atoms with Gasteiger partial charge in [0.15, 0.2) is 0 Å². The van der Waals surface area contributed by atoms with Crippen molar-refractivity contribution in [3.05, 3.63) is 23.8 Å². The third-order valence-electron chi connectivity index (χ3n) is 1.96. The van der Waals surface area contributed by atoms with Gasteiger partial charge < -0.3 is 0 Å². The molecule has 0 saturated carbocycles. The van der Waals surface area contributed by atoms with Crippen molar-refractivity contribution >= 4 is 35.6 Å². The van der Waals surface area contributed by atoms with Gasteiger partial charge in [-0.15, -0.1) is 0 Å². The van der Waals surface area contributed by atoms with Crippen molar-refractivity contribution in [2.24, 2.45) is 0 Å². The number of benzene rings is 1. The number of rotatable bonds is 5. The van der Waals surface area contributed by atoms with Crippen LogP contribution in [-0.2, 0) is 18.3 Å². The molecule has 1 aromatic rings. The van der Waals surface area contributed by atoms with Crippen molar-refractivity contribution in [2.75, 3.05) is 12.0 Å². The summed E-state index contributed by atoms with van der Waals surface area (Å²) in [6.07, 6.45) is 0.00438. The Hall–Kier alpha value is -0.507. The predicted octanol–water partition coefficient (Wildman–Crippen LogP) is 3.46. The molecule has 0 aromatic heterocycles. The number of halogens is 3. The summed E-state index contributed by atoms with van der Waals surface area (Å²) < 4.78 is 19.5. The van der Waals surface area contributed by atoms with Crippen LogP contribution in [0.1, 0.15) is 19.4 Å². The second-order valence-electron chi connectivity index (χ2n) is 3.91. The second-order valence-corrected chi connectivity index (χ2v) is 9.63. The Kier molecular flexibility index (Phi) is 6.91. The minimum atomic E-state index is -2.02. The number of carbonyl (C=O) groups excluding carboxylic acids is 1. The predicted molar refractivity (Wildman–Crippen MR) is 73.7 cm³/mol. The molecule has 19 heavy (non-hydrogen) atoms. The van der Waals surface area contributed by atoms with E-state index in [2.05, 4.69) is 5.32 Å². The van der Waals surface area contributed by atoms with Crippen molar-refractivity contribution in [3.63, 3.8) is 0 Å². The van der Waals surface area contributed by atoms with Crippen LogP contribution in [0.15, 0.2) is 18.2 Å². The third-order valence-corrected chi connectivity index (χ3v) is 3.80. The molecule has 3 nitrogen and oxygen atoms in total. The molecule has 108 valence electrons. The maximum absolute atomic E-state index is 12.2. The summed E-state index contributed by atoms with van der Waals surface area (Å²) >= 11 is -2.02. The zero-order chi connectivity index (χ0) is 14.4. The van der Waals surface area contributed by atoms with Crippen LogP contribution >= 0.6 is 19.4 Å². The summed E-state index contributed by atoms with van der Waals surface area (Å²) in [5.74, 6) is -0.0670.